The van der Waals surface area contributed by atoms with Crippen LogP contribution in [0.15, 0.2) is 12.1 Å². The Kier molecular flexibility index (Phi) is 3.06. The molecule has 0 spiro atoms. The van der Waals surface area contributed by atoms with Crippen LogP contribution in [0, 0.1) is 0 Å². The number of benzene rings is 1. The molecule has 2 rings (SSSR count). The zero-order valence-corrected chi connectivity index (χ0v) is 9.05. The first kappa shape index (κ1) is 11.5. The molecular formula is C11H13NO5. The highest BCUT2D eigenvalue weighted by Crippen LogP contribution is 2.41. The molecule has 4 N–H and O–H groups in total. The van der Waals surface area contributed by atoms with Gasteiger partial charge >= 0.3 is 5.97 Å². The third-order valence-electron chi connectivity index (χ3n) is 2.55. The number of carboxylic acid groups (broad SMARTS) is 1. The highest BCUT2D eigenvalue weighted by atomic mass is 16.7. The molecule has 1 aromatic carbocycles. The minimum atomic E-state index is -0.908. The van der Waals surface area contributed by atoms with Crippen LogP contribution in [0.25, 0.3) is 0 Å². The number of phenols is 1. The fraction of sp³-hybridized carbons (Fsp3) is 0.364. The Labute approximate surface area is 97.6 Å². The molecule has 1 atom stereocenters. The number of ether oxygens (including phenoxy) is 2. The summed E-state index contributed by atoms with van der Waals surface area (Å²) in [5.41, 5.74) is 6.44. The van der Waals surface area contributed by atoms with Crippen molar-refractivity contribution in [2.24, 2.45) is 5.73 Å². The van der Waals surface area contributed by atoms with Gasteiger partial charge in [-0.3, -0.25) is 4.79 Å². The van der Waals surface area contributed by atoms with E-state index in [1.165, 1.54) is 12.1 Å². The summed E-state index contributed by atoms with van der Waals surface area (Å²) in [5.74, 6) is 0.0379. The first-order valence-electron chi connectivity index (χ1n) is 5.18. The number of hydrogen-bond donors (Lipinski definition) is 3. The lowest BCUT2D eigenvalue weighted by Crippen LogP contribution is -2.13. The standard InChI is InChI=1S/C11H13NO5/c12-8(1-2-10(14)15)7-3-6(13)4-9-11(7)17-5-16-9/h3-4,8,13H,1-2,5,12H2,(H,14,15). The summed E-state index contributed by atoms with van der Waals surface area (Å²) < 4.78 is 10.4. The molecule has 1 unspecified atom stereocenters. The minimum absolute atomic E-state index is 0.0232. The molecule has 1 aliphatic rings. The minimum Gasteiger partial charge on any atom is -0.508 e. The van der Waals surface area contributed by atoms with Crippen molar-refractivity contribution in [2.45, 2.75) is 18.9 Å². The van der Waals surface area contributed by atoms with Crippen molar-refractivity contribution < 1.29 is 24.5 Å². The highest BCUT2D eigenvalue weighted by molar-refractivity contribution is 5.66. The highest BCUT2D eigenvalue weighted by Gasteiger charge is 2.23. The van der Waals surface area contributed by atoms with E-state index >= 15 is 0 Å². The number of phenolic OH excluding ortho intramolecular Hbond substituents is 1. The number of rotatable bonds is 4. The van der Waals surface area contributed by atoms with Crippen molar-refractivity contribution >= 4 is 5.97 Å². The maximum Gasteiger partial charge on any atom is 0.303 e. The number of carboxylic acids is 1. The average molecular weight is 239 g/mol. The van der Waals surface area contributed by atoms with Crippen LogP contribution in [-0.2, 0) is 4.79 Å². The molecule has 0 bridgehead atoms. The largest absolute Gasteiger partial charge is 0.508 e. The zero-order valence-electron chi connectivity index (χ0n) is 9.05. The summed E-state index contributed by atoms with van der Waals surface area (Å²) >= 11 is 0. The number of nitrogens with two attached hydrogens (primary N) is 1. The monoisotopic (exact) mass is 239 g/mol. The lowest BCUT2D eigenvalue weighted by atomic mass is 10.0. The van der Waals surface area contributed by atoms with E-state index in [1.54, 1.807) is 0 Å². The molecule has 1 heterocycles. The van der Waals surface area contributed by atoms with Crippen molar-refractivity contribution in [2.75, 3.05) is 6.79 Å². The van der Waals surface area contributed by atoms with Gasteiger partial charge in [-0.2, -0.15) is 0 Å². The number of aromatic hydroxyl groups is 1. The second-order valence-corrected chi connectivity index (χ2v) is 3.81. The van der Waals surface area contributed by atoms with Crippen LogP contribution >= 0.6 is 0 Å². The molecule has 1 aromatic rings. The predicted molar refractivity (Wildman–Crippen MR) is 58.0 cm³/mol. The van der Waals surface area contributed by atoms with Gasteiger partial charge in [0, 0.05) is 24.1 Å². The molecule has 17 heavy (non-hydrogen) atoms. The summed E-state index contributed by atoms with van der Waals surface area (Å²) in [4.78, 5) is 10.5. The van der Waals surface area contributed by atoms with E-state index in [2.05, 4.69) is 0 Å². The zero-order chi connectivity index (χ0) is 12.4. The van der Waals surface area contributed by atoms with Gasteiger partial charge in [0.2, 0.25) is 6.79 Å². The molecule has 0 fully saturated rings. The van der Waals surface area contributed by atoms with E-state index < -0.39 is 12.0 Å². The van der Waals surface area contributed by atoms with Gasteiger partial charge in [0.1, 0.15) is 5.75 Å². The van der Waals surface area contributed by atoms with Crippen molar-refractivity contribution in [1.29, 1.82) is 0 Å². The lowest BCUT2D eigenvalue weighted by Gasteiger charge is -2.13. The molecule has 1 aliphatic heterocycles. The summed E-state index contributed by atoms with van der Waals surface area (Å²) in [6, 6.07) is 2.41. The maximum absolute atomic E-state index is 10.5. The average Bonchev–Trinajstić information content (AvgIpc) is 2.72. The van der Waals surface area contributed by atoms with Crippen LogP contribution in [0.1, 0.15) is 24.4 Å². The molecule has 6 heteroatoms. The summed E-state index contributed by atoms with van der Waals surface area (Å²) in [6.07, 6.45) is 0.237. The number of fused-ring (bicyclic) bond motifs is 1. The van der Waals surface area contributed by atoms with Gasteiger partial charge in [0.05, 0.1) is 0 Å². The topological polar surface area (TPSA) is 102 Å². The summed E-state index contributed by atoms with van der Waals surface area (Å²) in [5, 5.41) is 18.1. The molecule has 6 nitrogen and oxygen atoms in total. The molecule has 0 aliphatic carbocycles. The molecule has 0 saturated heterocycles. The first-order valence-corrected chi connectivity index (χ1v) is 5.18. The molecule has 0 amide bonds. The van der Waals surface area contributed by atoms with Crippen molar-refractivity contribution in [3.05, 3.63) is 17.7 Å². The fourth-order valence-electron chi connectivity index (χ4n) is 1.73. The van der Waals surface area contributed by atoms with Crippen molar-refractivity contribution in [3.8, 4) is 17.2 Å². The summed E-state index contributed by atoms with van der Waals surface area (Å²) in [7, 11) is 0. The normalized spacial score (nSPS) is 14.6. The van der Waals surface area contributed by atoms with Gasteiger partial charge in [-0.1, -0.05) is 0 Å². The van der Waals surface area contributed by atoms with Crippen LogP contribution in [0.2, 0.25) is 0 Å². The van der Waals surface area contributed by atoms with Crippen LogP contribution in [0.3, 0.4) is 0 Å². The Balaban J connectivity index is 2.22. The smallest absolute Gasteiger partial charge is 0.303 e. The van der Waals surface area contributed by atoms with Crippen LogP contribution in [-0.4, -0.2) is 23.0 Å². The quantitative estimate of drug-likeness (QED) is 0.724. The molecular weight excluding hydrogens is 226 g/mol. The lowest BCUT2D eigenvalue weighted by molar-refractivity contribution is -0.137. The Hall–Kier alpha value is -1.95. The number of carbonyl (C=O) groups is 1. The van der Waals surface area contributed by atoms with E-state index in [1.807, 2.05) is 0 Å². The van der Waals surface area contributed by atoms with Crippen molar-refractivity contribution in [3.63, 3.8) is 0 Å². The van der Waals surface area contributed by atoms with Gasteiger partial charge in [0.25, 0.3) is 0 Å². The summed E-state index contributed by atoms with van der Waals surface area (Å²) in [6.45, 7) is 0.0808. The Morgan fingerprint density at radius 1 is 1.47 bits per heavy atom. The molecule has 0 saturated carbocycles. The fourth-order valence-corrected chi connectivity index (χ4v) is 1.73. The van der Waals surface area contributed by atoms with Crippen LogP contribution < -0.4 is 15.2 Å². The maximum atomic E-state index is 10.5. The first-order chi connectivity index (χ1) is 8.08. The van der Waals surface area contributed by atoms with Crippen molar-refractivity contribution in [1.82, 2.24) is 0 Å². The second kappa shape index (κ2) is 4.50. The van der Waals surface area contributed by atoms with E-state index in [-0.39, 0.29) is 25.4 Å². The van der Waals surface area contributed by atoms with E-state index in [9.17, 15) is 9.90 Å². The second-order valence-electron chi connectivity index (χ2n) is 3.81. The van der Waals surface area contributed by atoms with E-state index in [4.69, 9.17) is 20.3 Å². The van der Waals surface area contributed by atoms with Gasteiger partial charge in [0.15, 0.2) is 11.5 Å². The van der Waals surface area contributed by atoms with E-state index in [0.717, 1.165) is 0 Å². The van der Waals surface area contributed by atoms with E-state index in [0.29, 0.717) is 17.1 Å². The molecule has 0 radical (unpaired) electrons. The SMILES string of the molecule is NC(CCC(=O)O)c1cc(O)cc2c1OCO2. The van der Waals surface area contributed by atoms with Crippen LogP contribution in [0.4, 0.5) is 0 Å². The number of aliphatic carboxylic acids is 1. The Morgan fingerprint density at radius 2 is 2.24 bits per heavy atom. The third-order valence-corrected chi connectivity index (χ3v) is 2.55. The number of hydrogen-bond acceptors (Lipinski definition) is 5. The predicted octanol–water partition coefficient (Wildman–Crippen LogP) is 0.985. The van der Waals surface area contributed by atoms with Gasteiger partial charge in [-0.05, 0) is 12.5 Å². The van der Waals surface area contributed by atoms with Gasteiger partial charge in [-0.15, -0.1) is 0 Å². The molecule has 0 aromatic heterocycles. The third kappa shape index (κ3) is 2.42. The van der Waals surface area contributed by atoms with Gasteiger partial charge < -0.3 is 25.4 Å². The Bertz CT molecular complexity index is 446. The molecule has 92 valence electrons. The Morgan fingerprint density at radius 3 is 2.94 bits per heavy atom. The van der Waals surface area contributed by atoms with Gasteiger partial charge in [-0.25, -0.2) is 0 Å². The van der Waals surface area contributed by atoms with Crippen LogP contribution in [0.5, 0.6) is 17.2 Å².